The highest BCUT2D eigenvalue weighted by molar-refractivity contribution is 5.33. The van der Waals surface area contributed by atoms with Gasteiger partial charge in [-0.05, 0) is 43.0 Å². The highest BCUT2D eigenvalue weighted by Gasteiger charge is 2.22. The average Bonchev–Trinajstić information content (AvgIpc) is 3.14. The van der Waals surface area contributed by atoms with E-state index < -0.39 is 0 Å². The minimum absolute atomic E-state index is 0.226. The van der Waals surface area contributed by atoms with E-state index in [0.717, 1.165) is 23.8 Å². The van der Waals surface area contributed by atoms with Gasteiger partial charge in [-0.2, -0.15) is 5.26 Å². The molecule has 1 N–H and O–H groups in total. The van der Waals surface area contributed by atoms with Crippen molar-refractivity contribution in [3.05, 3.63) is 29.8 Å². The maximum Gasteiger partial charge on any atom is 0.121 e. The van der Waals surface area contributed by atoms with Gasteiger partial charge >= 0.3 is 0 Å². The van der Waals surface area contributed by atoms with Crippen LogP contribution in [0, 0.1) is 17.2 Å². The van der Waals surface area contributed by atoms with Gasteiger partial charge in [0.1, 0.15) is 11.8 Å². The highest BCUT2D eigenvalue weighted by atomic mass is 16.5. The lowest BCUT2D eigenvalue weighted by molar-refractivity contribution is 0.413. The molecule has 1 aromatic carbocycles. The summed E-state index contributed by atoms with van der Waals surface area (Å²) in [5, 5.41) is 12.4. The molecular formula is C13H16N2O. The van der Waals surface area contributed by atoms with E-state index in [1.54, 1.807) is 7.11 Å². The smallest absolute Gasteiger partial charge is 0.121 e. The Morgan fingerprint density at radius 1 is 1.56 bits per heavy atom. The Kier molecular flexibility index (Phi) is 3.43. The second kappa shape index (κ2) is 5.00. The topological polar surface area (TPSA) is 45.0 Å². The first-order valence-corrected chi connectivity index (χ1v) is 5.60. The summed E-state index contributed by atoms with van der Waals surface area (Å²) >= 11 is 0. The molecule has 0 radical (unpaired) electrons. The standard InChI is InChI=1S/C13H16N2O/c1-16-12-4-2-3-11(7-12)13(8-14)15-9-10-5-6-10/h2-4,7,10,13,15H,5-6,9H2,1H3. The van der Waals surface area contributed by atoms with Crippen LogP contribution < -0.4 is 10.1 Å². The first kappa shape index (κ1) is 11.0. The van der Waals surface area contributed by atoms with Crippen molar-refractivity contribution in [2.24, 2.45) is 5.92 Å². The molecule has 0 aromatic heterocycles. The molecule has 1 saturated carbocycles. The number of nitrogens with one attached hydrogen (secondary N) is 1. The number of rotatable bonds is 5. The van der Waals surface area contributed by atoms with E-state index in [0.29, 0.717) is 0 Å². The van der Waals surface area contributed by atoms with Crippen LogP contribution in [0.15, 0.2) is 24.3 Å². The molecule has 1 aliphatic carbocycles. The molecule has 0 heterocycles. The minimum atomic E-state index is -0.226. The molecule has 0 aliphatic heterocycles. The predicted molar refractivity (Wildman–Crippen MR) is 62.1 cm³/mol. The van der Waals surface area contributed by atoms with Crippen LogP contribution in [0.2, 0.25) is 0 Å². The molecule has 0 saturated heterocycles. The number of benzene rings is 1. The summed E-state index contributed by atoms with van der Waals surface area (Å²) < 4.78 is 5.15. The molecule has 1 atom stereocenters. The zero-order valence-corrected chi connectivity index (χ0v) is 9.44. The van der Waals surface area contributed by atoms with Gasteiger partial charge in [0.2, 0.25) is 0 Å². The van der Waals surface area contributed by atoms with Crippen molar-refractivity contribution in [2.45, 2.75) is 18.9 Å². The Labute approximate surface area is 96.0 Å². The van der Waals surface area contributed by atoms with Crippen molar-refractivity contribution in [3.8, 4) is 11.8 Å². The number of hydrogen-bond donors (Lipinski definition) is 1. The van der Waals surface area contributed by atoms with E-state index in [1.807, 2.05) is 24.3 Å². The maximum atomic E-state index is 9.12. The molecule has 1 aromatic rings. The summed E-state index contributed by atoms with van der Waals surface area (Å²) in [5.74, 6) is 1.58. The summed E-state index contributed by atoms with van der Waals surface area (Å²) in [4.78, 5) is 0. The van der Waals surface area contributed by atoms with Crippen molar-refractivity contribution in [3.63, 3.8) is 0 Å². The summed E-state index contributed by atoms with van der Waals surface area (Å²) in [7, 11) is 1.64. The van der Waals surface area contributed by atoms with Gasteiger partial charge in [0.15, 0.2) is 0 Å². The number of methoxy groups -OCH3 is 1. The lowest BCUT2D eigenvalue weighted by Crippen LogP contribution is -2.22. The van der Waals surface area contributed by atoms with Crippen molar-refractivity contribution >= 4 is 0 Å². The fraction of sp³-hybridized carbons (Fsp3) is 0.462. The van der Waals surface area contributed by atoms with Crippen LogP contribution in [0.1, 0.15) is 24.4 Å². The van der Waals surface area contributed by atoms with Crippen molar-refractivity contribution in [1.82, 2.24) is 5.32 Å². The van der Waals surface area contributed by atoms with Gasteiger partial charge in [-0.1, -0.05) is 12.1 Å². The normalized spacial score (nSPS) is 16.5. The number of hydrogen-bond acceptors (Lipinski definition) is 3. The van der Waals surface area contributed by atoms with E-state index in [4.69, 9.17) is 10.00 Å². The fourth-order valence-corrected chi connectivity index (χ4v) is 1.67. The van der Waals surface area contributed by atoms with Crippen LogP contribution in [0.3, 0.4) is 0 Å². The van der Waals surface area contributed by atoms with Crippen LogP contribution in [-0.2, 0) is 0 Å². The molecule has 16 heavy (non-hydrogen) atoms. The monoisotopic (exact) mass is 216 g/mol. The van der Waals surface area contributed by atoms with Gasteiger partial charge in [0.05, 0.1) is 13.2 Å². The number of nitrogens with zero attached hydrogens (tertiary/aromatic N) is 1. The van der Waals surface area contributed by atoms with Crippen molar-refractivity contribution < 1.29 is 4.74 Å². The second-order valence-corrected chi connectivity index (χ2v) is 4.19. The number of ether oxygens (including phenoxy) is 1. The first-order chi connectivity index (χ1) is 7.83. The van der Waals surface area contributed by atoms with Crippen LogP contribution >= 0.6 is 0 Å². The van der Waals surface area contributed by atoms with Crippen molar-refractivity contribution in [2.75, 3.05) is 13.7 Å². The molecular weight excluding hydrogens is 200 g/mol. The van der Waals surface area contributed by atoms with Gasteiger partial charge in [-0.15, -0.1) is 0 Å². The minimum Gasteiger partial charge on any atom is -0.497 e. The molecule has 1 fully saturated rings. The fourth-order valence-electron chi connectivity index (χ4n) is 1.67. The summed E-state index contributed by atoms with van der Waals surface area (Å²) in [6.45, 7) is 0.940. The van der Waals surface area contributed by atoms with E-state index in [-0.39, 0.29) is 6.04 Å². The van der Waals surface area contributed by atoms with Gasteiger partial charge < -0.3 is 4.74 Å². The molecule has 1 aliphatic rings. The third-order valence-electron chi connectivity index (χ3n) is 2.86. The molecule has 0 bridgehead atoms. The molecule has 0 amide bonds. The lowest BCUT2D eigenvalue weighted by Gasteiger charge is -2.12. The van der Waals surface area contributed by atoms with Crippen LogP contribution in [0.25, 0.3) is 0 Å². The van der Waals surface area contributed by atoms with E-state index in [9.17, 15) is 0 Å². The molecule has 84 valence electrons. The van der Waals surface area contributed by atoms with Crippen LogP contribution in [0.5, 0.6) is 5.75 Å². The van der Waals surface area contributed by atoms with E-state index >= 15 is 0 Å². The Bertz CT molecular complexity index is 393. The van der Waals surface area contributed by atoms with E-state index in [2.05, 4.69) is 11.4 Å². The molecule has 2 rings (SSSR count). The zero-order valence-electron chi connectivity index (χ0n) is 9.44. The first-order valence-electron chi connectivity index (χ1n) is 5.60. The van der Waals surface area contributed by atoms with Crippen LogP contribution in [-0.4, -0.2) is 13.7 Å². The highest BCUT2D eigenvalue weighted by Crippen LogP contribution is 2.28. The Morgan fingerprint density at radius 3 is 3.00 bits per heavy atom. The number of nitriles is 1. The Balaban J connectivity index is 2.03. The second-order valence-electron chi connectivity index (χ2n) is 4.19. The maximum absolute atomic E-state index is 9.12. The lowest BCUT2D eigenvalue weighted by atomic mass is 10.1. The largest absolute Gasteiger partial charge is 0.497 e. The van der Waals surface area contributed by atoms with Crippen molar-refractivity contribution in [1.29, 1.82) is 5.26 Å². The third-order valence-corrected chi connectivity index (χ3v) is 2.86. The molecule has 1 unspecified atom stereocenters. The van der Waals surface area contributed by atoms with Gasteiger partial charge in [0.25, 0.3) is 0 Å². The van der Waals surface area contributed by atoms with E-state index in [1.165, 1.54) is 12.8 Å². The Hall–Kier alpha value is -1.53. The molecule has 3 nitrogen and oxygen atoms in total. The van der Waals surface area contributed by atoms with Crippen LogP contribution in [0.4, 0.5) is 0 Å². The Morgan fingerprint density at radius 2 is 2.38 bits per heavy atom. The zero-order chi connectivity index (χ0) is 11.4. The van der Waals surface area contributed by atoms with Gasteiger partial charge in [0, 0.05) is 0 Å². The SMILES string of the molecule is COc1cccc(C(C#N)NCC2CC2)c1. The average molecular weight is 216 g/mol. The third kappa shape index (κ3) is 2.74. The van der Waals surface area contributed by atoms with Gasteiger partial charge in [-0.25, -0.2) is 0 Å². The quantitative estimate of drug-likeness (QED) is 0.821. The van der Waals surface area contributed by atoms with Gasteiger partial charge in [-0.3, -0.25) is 5.32 Å². The molecule has 3 heteroatoms. The molecule has 0 spiro atoms. The summed E-state index contributed by atoms with van der Waals surface area (Å²) in [5.41, 5.74) is 0.975. The predicted octanol–water partition coefficient (Wildman–Crippen LogP) is 2.26. The summed E-state index contributed by atoms with van der Waals surface area (Å²) in [6.07, 6.45) is 2.59. The summed E-state index contributed by atoms with van der Waals surface area (Å²) in [6, 6.07) is 9.73.